The summed E-state index contributed by atoms with van der Waals surface area (Å²) in [7, 11) is 0. The molecule has 0 fully saturated rings. The van der Waals surface area contributed by atoms with Crippen LogP contribution in [0.25, 0.3) is 0 Å². The number of nitrogens with two attached hydrogens (primary N) is 1. The summed E-state index contributed by atoms with van der Waals surface area (Å²) in [4.78, 5) is 0. The lowest BCUT2D eigenvalue weighted by atomic mass is 9.93. The predicted octanol–water partition coefficient (Wildman–Crippen LogP) is 4.87. The second-order valence-corrected chi connectivity index (χ2v) is 6.57. The Morgan fingerprint density at radius 3 is 2.70 bits per heavy atom. The van der Waals surface area contributed by atoms with Crippen LogP contribution in [0.2, 0.25) is 0 Å². The molecule has 0 amide bonds. The Labute approximate surface area is 133 Å². The van der Waals surface area contributed by atoms with Crippen LogP contribution >= 0.6 is 31.9 Å². The van der Waals surface area contributed by atoms with Gasteiger partial charge in [0.05, 0.1) is 4.47 Å². The molecule has 0 spiro atoms. The van der Waals surface area contributed by atoms with Gasteiger partial charge in [-0.1, -0.05) is 22.0 Å². The van der Waals surface area contributed by atoms with Crippen LogP contribution in [0, 0.1) is 5.82 Å². The number of halogens is 3. The zero-order valence-corrected chi connectivity index (χ0v) is 13.6. The van der Waals surface area contributed by atoms with Crippen molar-refractivity contribution in [2.24, 2.45) is 5.73 Å². The molecule has 3 rings (SSSR count). The van der Waals surface area contributed by atoms with Gasteiger partial charge < -0.3 is 10.5 Å². The quantitative estimate of drug-likeness (QED) is 0.740. The maximum atomic E-state index is 13.6. The van der Waals surface area contributed by atoms with Gasteiger partial charge in [-0.2, -0.15) is 0 Å². The van der Waals surface area contributed by atoms with Crippen LogP contribution < -0.4 is 10.5 Å². The number of fused-ring (bicyclic) bond motifs is 1. The van der Waals surface area contributed by atoms with Crippen LogP contribution in [-0.2, 0) is 0 Å². The summed E-state index contributed by atoms with van der Waals surface area (Å²) in [6.07, 6.45) is 0.408. The molecule has 5 heteroatoms. The fourth-order valence-electron chi connectivity index (χ4n) is 2.39. The van der Waals surface area contributed by atoms with Crippen LogP contribution in [0.15, 0.2) is 45.3 Å². The summed E-state index contributed by atoms with van der Waals surface area (Å²) < 4.78 is 21.0. The highest BCUT2D eigenvalue weighted by molar-refractivity contribution is 9.10. The third kappa shape index (κ3) is 2.62. The summed E-state index contributed by atoms with van der Waals surface area (Å²) in [5.74, 6) is 0.474. The average molecular weight is 401 g/mol. The number of hydrogen-bond acceptors (Lipinski definition) is 2. The zero-order chi connectivity index (χ0) is 14.3. The minimum atomic E-state index is -0.290. The van der Waals surface area contributed by atoms with Gasteiger partial charge in [0.2, 0.25) is 0 Å². The van der Waals surface area contributed by atoms with Crippen molar-refractivity contribution in [3.05, 3.63) is 62.3 Å². The summed E-state index contributed by atoms with van der Waals surface area (Å²) in [6.45, 7) is 0. The fraction of sp³-hybridized carbons (Fsp3) is 0.200. The Bertz CT molecular complexity index is 662. The molecule has 1 aliphatic heterocycles. The molecular formula is C15H12Br2FNO. The summed E-state index contributed by atoms with van der Waals surface area (Å²) in [5.41, 5.74) is 7.99. The molecule has 1 heterocycles. The van der Waals surface area contributed by atoms with Gasteiger partial charge in [-0.15, -0.1) is 0 Å². The van der Waals surface area contributed by atoms with Crippen molar-refractivity contribution in [1.29, 1.82) is 0 Å². The van der Waals surface area contributed by atoms with Crippen LogP contribution in [0.3, 0.4) is 0 Å². The molecule has 0 saturated heterocycles. The molecule has 0 radical (unpaired) electrons. The molecule has 1 unspecified atom stereocenters. The summed E-state index contributed by atoms with van der Waals surface area (Å²) in [6, 6.07) is 10.7. The van der Waals surface area contributed by atoms with E-state index < -0.39 is 0 Å². The Morgan fingerprint density at radius 2 is 1.95 bits per heavy atom. The highest BCUT2D eigenvalue weighted by Crippen LogP contribution is 2.41. The third-order valence-electron chi connectivity index (χ3n) is 3.42. The number of hydrogen-bond donors (Lipinski definition) is 1. The van der Waals surface area contributed by atoms with E-state index in [4.69, 9.17) is 10.5 Å². The Hall–Kier alpha value is -0.910. The van der Waals surface area contributed by atoms with Crippen LogP contribution in [-0.4, -0.2) is 0 Å². The number of rotatable bonds is 1. The monoisotopic (exact) mass is 399 g/mol. The molecule has 2 aromatic carbocycles. The van der Waals surface area contributed by atoms with Crippen molar-refractivity contribution in [2.75, 3.05) is 0 Å². The molecule has 2 N–H and O–H groups in total. The normalized spacial score (nSPS) is 21.2. The first-order valence-electron chi connectivity index (χ1n) is 6.21. The van der Waals surface area contributed by atoms with E-state index >= 15 is 0 Å². The lowest BCUT2D eigenvalue weighted by Crippen LogP contribution is -2.24. The van der Waals surface area contributed by atoms with Crippen molar-refractivity contribution in [1.82, 2.24) is 0 Å². The van der Waals surface area contributed by atoms with Crippen molar-refractivity contribution in [3.8, 4) is 5.75 Å². The van der Waals surface area contributed by atoms with Crippen molar-refractivity contribution >= 4 is 31.9 Å². The van der Waals surface area contributed by atoms with E-state index in [1.165, 1.54) is 6.07 Å². The molecule has 2 nitrogen and oxygen atoms in total. The third-order valence-corrected chi connectivity index (χ3v) is 4.56. The van der Waals surface area contributed by atoms with E-state index in [0.29, 0.717) is 10.9 Å². The number of benzene rings is 2. The molecule has 0 aromatic heterocycles. The molecule has 2 atom stereocenters. The van der Waals surface area contributed by atoms with Gasteiger partial charge in [0.1, 0.15) is 17.7 Å². The van der Waals surface area contributed by atoms with Gasteiger partial charge >= 0.3 is 0 Å². The molecule has 0 saturated carbocycles. The Kier molecular flexibility index (Phi) is 3.84. The van der Waals surface area contributed by atoms with Gasteiger partial charge in [-0.05, 0) is 51.8 Å². The minimum Gasteiger partial charge on any atom is -0.485 e. The Morgan fingerprint density at radius 1 is 1.15 bits per heavy atom. The minimum absolute atomic E-state index is 0.118. The predicted molar refractivity (Wildman–Crippen MR) is 83.2 cm³/mol. The van der Waals surface area contributed by atoms with E-state index in [9.17, 15) is 4.39 Å². The van der Waals surface area contributed by atoms with Gasteiger partial charge in [0.25, 0.3) is 0 Å². The fourth-order valence-corrected chi connectivity index (χ4v) is 3.02. The van der Waals surface area contributed by atoms with Gasteiger partial charge in [-0.3, -0.25) is 0 Å². The molecule has 0 bridgehead atoms. The maximum absolute atomic E-state index is 13.6. The second-order valence-electron chi connectivity index (χ2n) is 4.80. The highest BCUT2D eigenvalue weighted by atomic mass is 79.9. The standard InChI is InChI=1S/C15H12Br2FNO/c16-9-2-4-14-10(6-9)13(19)7-15(20-14)8-1-3-11(17)12(18)5-8/h1-6,13,15H,7,19H2/t13-,15?/m0/s1. The van der Waals surface area contributed by atoms with E-state index in [1.54, 1.807) is 6.07 Å². The molecule has 2 aromatic rings. The molecule has 1 aliphatic rings. The van der Waals surface area contributed by atoms with Crippen LogP contribution in [0.4, 0.5) is 4.39 Å². The average Bonchev–Trinajstić information content (AvgIpc) is 2.42. The van der Waals surface area contributed by atoms with E-state index in [2.05, 4.69) is 31.9 Å². The van der Waals surface area contributed by atoms with Gasteiger partial charge in [-0.25, -0.2) is 4.39 Å². The highest BCUT2D eigenvalue weighted by Gasteiger charge is 2.27. The first-order valence-corrected chi connectivity index (χ1v) is 7.80. The van der Waals surface area contributed by atoms with E-state index in [0.717, 1.165) is 21.3 Å². The molecule has 0 aliphatic carbocycles. The van der Waals surface area contributed by atoms with Crippen molar-refractivity contribution in [3.63, 3.8) is 0 Å². The zero-order valence-electron chi connectivity index (χ0n) is 10.4. The van der Waals surface area contributed by atoms with Gasteiger partial charge in [0, 0.05) is 22.5 Å². The smallest absolute Gasteiger partial charge is 0.137 e. The molecule has 104 valence electrons. The molecular weight excluding hydrogens is 389 g/mol. The first kappa shape index (κ1) is 14.0. The second kappa shape index (κ2) is 5.47. The largest absolute Gasteiger partial charge is 0.485 e. The SMILES string of the molecule is N[C@H]1CC(c2ccc(Br)c(F)c2)Oc2ccc(Br)cc21. The first-order chi connectivity index (χ1) is 9.54. The van der Waals surface area contributed by atoms with E-state index in [-0.39, 0.29) is 18.0 Å². The summed E-state index contributed by atoms with van der Waals surface area (Å²) >= 11 is 6.58. The van der Waals surface area contributed by atoms with Crippen molar-refractivity contribution < 1.29 is 9.13 Å². The van der Waals surface area contributed by atoms with Crippen molar-refractivity contribution in [2.45, 2.75) is 18.6 Å². The lowest BCUT2D eigenvalue weighted by molar-refractivity contribution is 0.161. The molecule has 20 heavy (non-hydrogen) atoms. The topological polar surface area (TPSA) is 35.2 Å². The summed E-state index contributed by atoms with van der Waals surface area (Å²) in [5, 5.41) is 0. The van der Waals surface area contributed by atoms with E-state index in [1.807, 2.05) is 24.3 Å². The van der Waals surface area contributed by atoms with Crippen LogP contribution in [0.1, 0.15) is 29.7 Å². The number of ether oxygens (including phenoxy) is 1. The van der Waals surface area contributed by atoms with Gasteiger partial charge in [0.15, 0.2) is 0 Å². The maximum Gasteiger partial charge on any atom is 0.137 e. The Balaban J connectivity index is 1.94. The van der Waals surface area contributed by atoms with Crippen LogP contribution in [0.5, 0.6) is 5.75 Å². The lowest BCUT2D eigenvalue weighted by Gasteiger charge is -2.30.